The molecule has 72 heavy (non-hydrogen) atoms. The molecule has 1 N–H and O–H groups in total. The van der Waals surface area contributed by atoms with Gasteiger partial charge in [0.1, 0.15) is 0 Å². The Morgan fingerprint density at radius 1 is 0.458 bits per heavy atom. The molecule has 2 aromatic carbocycles. The smallest absolute Gasteiger partial charge is 0.323 e. The van der Waals surface area contributed by atoms with Crippen molar-refractivity contribution in [3.8, 4) is 0 Å². The zero-order valence-electron chi connectivity index (χ0n) is 45.5. The van der Waals surface area contributed by atoms with Crippen LogP contribution in [0.5, 0.6) is 0 Å². The van der Waals surface area contributed by atoms with E-state index in [0.717, 1.165) is 69.1 Å². The van der Waals surface area contributed by atoms with Gasteiger partial charge in [0.25, 0.3) is 0 Å². The Kier molecular flexibility index (Phi) is 32.8. The van der Waals surface area contributed by atoms with Gasteiger partial charge in [-0.25, -0.2) is 0 Å². The van der Waals surface area contributed by atoms with Gasteiger partial charge in [-0.05, 0) is 159 Å². The summed E-state index contributed by atoms with van der Waals surface area (Å²) >= 11 is 0. The Bertz CT molecular complexity index is 1720. The molecule has 408 valence electrons. The monoisotopic (exact) mass is 1010 g/mol. The number of carbonyl (C=O) groups is 4. The Balaban J connectivity index is 0.000000381. The summed E-state index contributed by atoms with van der Waals surface area (Å²) in [6.07, 6.45) is 26.4. The van der Waals surface area contributed by atoms with Gasteiger partial charge < -0.3 is 38.3 Å². The van der Waals surface area contributed by atoms with Gasteiger partial charge in [0.2, 0.25) is 0 Å². The molecule has 0 bridgehead atoms. The lowest BCUT2D eigenvalue weighted by atomic mass is 9.78. The first-order valence-corrected chi connectivity index (χ1v) is 28.4. The topological polar surface area (TPSA) is 153 Å². The molecule has 3 unspecified atom stereocenters. The van der Waals surface area contributed by atoms with E-state index in [-0.39, 0.29) is 45.2 Å². The number of aliphatic carboxylic acids is 1. The van der Waals surface area contributed by atoms with Crippen LogP contribution in [0.4, 0.5) is 0 Å². The lowest BCUT2D eigenvalue weighted by Crippen LogP contribution is -2.43. The van der Waals surface area contributed by atoms with Crippen molar-refractivity contribution in [1.82, 2.24) is 0 Å². The van der Waals surface area contributed by atoms with Crippen molar-refractivity contribution in [2.45, 2.75) is 227 Å². The highest BCUT2D eigenvalue weighted by atomic mass is 16.7. The second kappa shape index (κ2) is 37.8. The van der Waals surface area contributed by atoms with Crippen molar-refractivity contribution >= 4 is 23.9 Å². The molecular formula is C60H96O12. The second-order valence-electron chi connectivity index (χ2n) is 19.8. The zero-order chi connectivity index (χ0) is 52.1. The molecule has 0 radical (unpaired) electrons. The number of carbonyl (C=O) groups excluding carboxylic acids is 3. The molecule has 0 aromatic heterocycles. The molecule has 2 aromatic rings. The van der Waals surface area contributed by atoms with Crippen molar-refractivity contribution in [3.63, 3.8) is 0 Å². The van der Waals surface area contributed by atoms with E-state index in [2.05, 4.69) is 62.4 Å². The van der Waals surface area contributed by atoms with E-state index in [1.165, 1.54) is 88.2 Å². The van der Waals surface area contributed by atoms with E-state index in [1.54, 1.807) is 20.8 Å². The Labute approximate surface area is 434 Å². The Hall–Kier alpha value is -3.84. The molecule has 2 aliphatic rings. The van der Waals surface area contributed by atoms with Gasteiger partial charge in [0.15, 0.2) is 23.4 Å². The lowest BCUT2D eigenvalue weighted by Gasteiger charge is -2.30. The lowest BCUT2D eigenvalue weighted by molar-refractivity contribution is -0.177. The van der Waals surface area contributed by atoms with Crippen LogP contribution in [0.25, 0.3) is 0 Å². The van der Waals surface area contributed by atoms with Crippen LogP contribution in [0.1, 0.15) is 211 Å². The van der Waals surface area contributed by atoms with Crippen molar-refractivity contribution in [1.29, 1.82) is 0 Å². The van der Waals surface area contributed by atoms with Gasteiger partial charge in [-0.3, -0.25) is 19.2 Å². The number of esters is 3. The number of aryl methyl sites for hydroxylation is 4. The van der Waals surface area contributed by atoms with Crippen LogP contribution in [0, 0.1) is 10.8 Å². The fraction of sp³-hybridized carbons (Fsp3) is 0.733. The molecule has 12 nitrogen and oxygen atoms in total. The molecular weight excluding hydrogens is 913 g/mol. The molecule has 0 saturated carbocycles. The first kappa shape index (κ1) is 62.5. The summed E-state index contributed by atoms with van der Waals surface area (Å²) in [5.74, 6) is -2.77. The highest BCUT2D eigenvalue weighted by Gasteiger charge is 2.48. The summed E-state index contributed by atoms with van der Waals surface area (Å²) in [6.45, 7) is 12.5. The Morgan fingerprint density at radius 2 is 0.806 bits per heavy atom. The van der Waals surface area contributed by atoms with Crippen LogP contribution in [0.3, 0.4) is 0 Å². The predicted octanol–water partition coefficient (Wildman–Crippen LogP) is 13.4. The van der Waals surface area contributed by atoms with Crippen LogP contribution in [-0.2, 0) is 78.0 Å². The van der Waals surface area contributed by atoms with Gasteiger partial charge >= 0.3 is 23.9 Å². The molecule has 12 heteroatoms. The van der Waals surface area contributed by atoms with Gasteiger partial charge in [0, 0.05) is 26.4 Å². The minimum absolute atomic E-state index is 0.160. The zero-order valence-corrected chi connectivity index (χ0v) is 45.5. The third-order valence-corrected chi connectivity index (χ3v) is 14.2. The number of carboxylic acid groups (broad SMARTS) is 1. The highest BCUT2D eigenvalue weighted by Crippen LogP contribution is 2.35. The van der Waals surface area contributed by atoms with Crippen LogP contribution in [-0.4, -0.2) is 87.8 Å². The van der Waals surface area contributed by atoms with E-state index in [9.17, 15) is 24.3 Å². The van der Waals surface area contributed by atoms with Gasteiger partial charge in [0.05, 0.1) is 19.8 Å². The molecule has 3 atom stereocenters. The molecule has 2 fully saturated rings. The summed E-state index contributed by atoms with van der Waals surface area (Å²) in [4.78, 5) is 51.5. The largest absolute Gasteiger partial charge is 0.480 e. The molecule has 2 heterocycles. The standard InChI is InChI=1S/C31H50O6.C29H46O6/c1-4-7-8-9-10-11-15-26-17-19-27(20-18-26)21-23-31(29(32)34-5-2,30(33)35-6-3)22-14-25-37-28-16-12-13-24-36-28;1-3-5-6-7-8-9-13-24-15-17-25(18-16-24)19-21-29(27(30)31,28(32)33-4-2)20-12-23-35-26-14-10-11-22-34-26/h17-20,28H,4-16,21-25H2,1-3H3;15-18,26H,3-14,19-23H2,1-2H3,(H,30,31). The van der Waals surface area contributed by atoms with E-state index >= 15 is 0 Å². The SMILES string of the molecule is CCCCCCCCc1ccc(CCC(CCCOC2CCCCO2)(C(=O)O)C(=O)OCC)cc1.CCCCCCCCc1ccc(CCC(CCCOC2CCCCO2)(C(=O)OCC)C(=O)OCC)cc1. The first-order valence-electron chi connectivity index (χ1n) is 28.4. The normalized spacial score (nSPS) is 16.7. The summed E-state index contributed by atoms with van der Waals surface area (Å²) in [6, 6.07) is 17.0. The maximum Gasteiger partial charge on any atom is 0.323 e. The van der Waals surface area contributed by atoms with E-state index in [4.69, 9.17) is 33.2 Å². The van der Waals surface area contributed by atoms with E-state index in [1.807, 2.05) is 0 Å². The van der Waals surface area contributed by atoms with E-state index < -0.39 is 34.7 Å². The molecule has 0 spiro atoms. The summed E-state index contributed by atoms with van der Waals surface area (Å²) in [5, 5.41) is 10.1. The van der Waals surface area contributed by atoms with Crippen LogP contribution in [0.15, 0.2) is 48.5 Å². The summed E-state index contributed by atoms with van der Waals surface area (Å²) < 4.78 is 38.9. The fourth-order valence-corrected chi connectivity index (χ4v) is 9.60. The molecule has 4 rings (SSSR count). The van der Waals surface area contributed by atoms with Crippen LogP contribution >= 0.6 is 0 Å². The van der Waals surface area contributed by atoms with Crippen molar-refractivity contribution in [2.75, 3.05) is 46.2 Å². The van der Waals surface area contributed by atoms with Crippen molar-refractivity contribution in [2.24, 2.45) is 10.8 Å². The number of rotatable bonds is 37. The number of ether oxygens (including phenoxy) is 7. The summed E-state index contributed by atoms with van der Waals surface area (Å²) in [5.41, 5.74) is 1.89. The average molecular weight is 1010 g/mol. The van der Waals surface area contributed by atoms with Crippen LogP contribution in [0.2, 0.25) is 0 Å². The van der Waals surface area contributed by atoms with Gasteiger partial charge in [-0.15, -0.1) is 0 Å². The maximum absolute atomic E-state index is 13.2. The van der Waals surface area contributed by atoms with Crippen LogP contribution < -0.4 is 0 Å². The van der Waals surface area contributed by atoms with Gasteiger partial charge in [-0.2, -0.15) is 0 Å². The number of unbranched alkanes of at least 4 members (excludes halogenated alkanes) is 10. The molecule has 2 saturated heterocycles. The molecule has 0 amide bonds. The van der Waals surface area contributed by atoms with E-state index in [0.29, 0.717) is 58.3 Å². The predicted molar refractivity (Wildman–Crippen MR) is 284 cm³/mol. The maximum atomic E-state index is 13.2. The minimum Gasteiger partial charge on any atom is -0.480 e. The minimum atomic E-state index is -1.57. The number of hydrogen-bond donors (Lipinski definition) is 1. The van der Waals surface area contributed by atoms with Crippen molar-refractivity contribution < 1.29 is 57.4 Å². The van der Waals surface area contributed by atoms with Crippen molar-refractivity contribution in [3.05, 3.63) is 70.8 Å². The number of hydrogen-bond acceptors (Lipinski definition) is 11. The van der Waals surface area contributed by atoms with Gasteiger partial charge in [-0.1, -0.05) is 127 Å². The quantitative estimate of drug-likeness (QED) is 0.0297. The fourth-order valence-electron chi connectivity index (χ4n) is 9.60. The third-order valence-electron chi connectivity index (χ3n) is 14.2. The number of carboxylic acids is 1. The number of benzene rings is 2. The summed E-state index contributed by atoms with van der Waals surface area (Å²) in [7, 11) is 0. The second-order valence-corrected chi connectivity index (χ2v) is 19.8. The first-order chi connectivity index (χ1) is 35.1. The molecule has 0 aliphatic carbocycles. The Morgan fingerprint density at radius 3 is 1.17 bits per heavy atom. The molecule has 2 aliphatic heterocycles. The highest BCUT2D eigenvalue weighted by molar-refractivity contribution is 6.00. The average Bonchev–Trinajstić information content (AvgIpc) is 3.39. The third kappa shape index (κ3) is 23.6.